The highest BCUT2D eigenvalue weighted by atomic mass is 32.1. The number of nitrogens with zero attached hydrogens (tertiary/aromatic N) is 2. The van der Waals surface area contributed by atoms with Crippen molar-refractivity contribution in [2.24, 2.45) is 11.8 Å². The lowest BCUT2D eigenvalue weighted by atomic mass is 9.97. The molecule has 2 heterocycles. The summed E-state index contributed by atoms with van der Waals surface area (Å²) in [6, 6.07) is 0. The predicted octanol–water partition coefficient (Wildman–Crippen LogP) is 1.88. The van der Waals surface area contributed by atoms with E-state index in [1.807, 2.05) is 11.8 Å². The van der Waals surface area contributed by atoms with Crippen LogP contribution < -0.4 is 0 Å². The SMILES string of the molecule is Cc1csc(C2CCN(C(=O)[C@@H]3C[C@H]3C(=O)O)CC2)n1. The maximum atomic E-state index is 12.2. The average molecular weight is 294 g/mol. The number of hydrogen-bond donors (Lipinski definition) is 1. The summed E-state index contributed by atoms with van der Waals surface area (Å²) in [6.45, 7) is 3.45. The Kier molecular flexibility index (Phi) is 3.50. The number of rotatable bonds is 3. The van der Waals surface area contributed by atoms with Crippen LogP contribution in [0.15, 0.2) is 5.38 Å². The maximum absolute atomic E-state index is 12.2. The normalized spacial score (nSPS) is 26.6. The molecular weight excluding hydrogens is 276 g/mol. The molecule has 0 unspecified atom stereocenters. The van der Waals surface area contributed by atoms with Crippen molar-refractivity contribution in [1.29, 1.82) is 0 Å². The van der Waals surface area contributed by atoms with Crippen LogP contribution >= 0.6 is 11.3 Å². The van der Waals surface area contributed by atoms with Gasteiger partial charge in [0.05, 0.1) is 16.8 Å². The molecule has 3 rings (SSSR count). The van der Waals surface area contributed by atoms with Gasteiger partial charge < -0.3 is 10.0 Å². The van der Waals surface area contributed by atoms with Crippen LogP contribution in [0.1, 0.15) is 35.9 Å². The molecule has 20 heavy (non-hydrogen) atoms. The van der Waals surface area contributed by atoms with E-state index in [1.165, 1.54) is 5.01 Å². The molecule has 1 aliphatic heterocycles. The first-order chi connectivity index (χ1) is 9.56. The highest BCUT2D eigenvalue weighted by molar-refractivity contribution is 7.09. The molecule has 1 saturated carbocycles. The monoisotopic (exact) mass is 294 g/mol. The fourth-order valence-electron chi connectivity index (χ4n) is 2.88. The summed E-state index contributed by atoms with van der Waals surface area (Å²) in [5.74, 6) is -1.07. The molecule has 1 aromatic rings. The molecule has 1 aliphatic carbocycles. The molecule has 2 aliphatic rings. The second kappa shape index (κ2) is 5.16. The maximum Gasteiger partial charge on any atom is 0.307 e. The Labute approximate surface area is 121 Å². The van der Waals surface area contributed by atoms with Crippen LogP contribution in [-0.2, 0) is 9.59 Å². The molecule has 0 spiro atoms. The number of aliphatic carboxylic acids is 1. The van der Waals surface area contributed by atoms with Gasteiger partial charge in [-0.25, -0.2) is 4.98 Å². The molecule has 1 N–H and O–H groups in total. The van der Waals surface area contributed by atoms with E-state index in [0.29, 0.717) is 12.3 Å². The van der Waals surface area contributed by atoms with E-state index in [1.54, 1.807) is 11.3 Å². The summed E-state index contributed by atoms with van der Waals surface area (Å²) in [4.78, 5) is 29.4. The topological polar surface area (TPSA) is 70.5 Å². The lowest BCUT2D eigenvalue weighted by Gasteiger charge is -2.31. The number of carboxylic acid groups (broad SMARTS) is 1. The third kappa shape index (κ3) is 2.57. The van der Waals surface area contributed by atoms with E-state index in [4.69, 9.17) is 5.11 Å². The third-order valence-corrected chi connectivity index (χ3v) is 5.34. The lowest BCUT2D eigenvalue weighted by Crippen LogP contribution is -2.39. The van der Waals surface area contributed by atoms with Crippen LogP contribution in [0.3, 0.4) is 0 Å². The van der Waals surface area contributed by atoms with E-state index in [0.717, 1.165) is 31.6 Å². The minimum atomic E-state index is -0.837. The summed E-state index contributed by atoms with van der Waals surface area (Å²) in [7, 11) is 0. The van der Waals surface area contributed by atoms with Gasteiger partial charge in [0.2, 0.25) is 5.91 Å². The lowest BCUT2D eigenvalue weighted by molar-refractivity contribution is -0.142. The Balaban J connectivity index is 1.54. The first-order valence-electron chi connectivity index (χ1n) is 7.00. The van der Waals surface area contributed by atoms with Gasteiger partial charge >= 0.3 is 5.97 Å². The molecule has 1 amide bonds. The number of aromatic nitrogens is 1. The molecule has 5 nitrogen and oxygen atoms in total. The first-order valence-corrected chi connectivity index (χ1v) is 7.88. The minimum absolute atomic E-state index is 0.0335. The van der Waals surface area contributed by atoms with E-state index in [9.17, 15) is 9.59 Å². The van der Waals surface area contributed by atoms with E-state index >= 15 is 0 Å². The van der Waals surface area contributed by atoms with Crippen LogP contribution in [0.2, 0.25) is 0 Å². The summed E-state index contributed by atoms with van der Waals surface area (Å²) in [5, 5.41) is 12.1. The molecular formula is C14H18N2O3S. The van der Waals surface area contributed by atoms with Crippen molar-refractivity contribution in [1.82, 2.24) is 9.88 Å². The standard InChI is InChI=1S/C14H18N2O3S/c1-8-7-20-12(15-8)9-2-4-16(5-3-9)13(17)10-6-11(10)14(18)19/h7,9-11H,2-6H2,1H3,(H,18,19)/t10-,11-/m1/s1. The molecule has 6 heteroatoms. The van der Waals surface area contributed by atoms with Crippen LogP contribution in [0.5, 0.6) is 0 Å². The van der Waals surface area contributed by atoms with Crippen molar-refractivity contribution in [3.63, 3.8) is 0 Å². The van der Waals surface area contributed by atoms with Gasteiger partial charge in [-0.15, -0.1) is 11.3 Å². The summed E-state index contributed by atoms with van der Waals surface area (Å²) < 4.78 is 0. The van der Waals surface area contributed by atoms with Gasteiger partial charge in [-0.2, -0.15) is 0 Å². The summed E-state index contributed by atoms with van der Waals surface area (Å²) in [5.41, 5.74) is 1.06. The number of carboxylic acids is 1. The van der Waals surface area contributed by atoms with Crippen LogP contribution in [-0.4, -0.2) is 40.0 Å². The van der Waals surface area contributed by atoms with Crippen molar-refractivity contribution in [2.45, 2.75) is 32.1 Å². The third-order valence-electron chi connectivity index (χ3n) is 4.22. The van der Waals surface area contributed by atoms with Crippen molar-refractivity contribution >= 4 is 23.2 Å². The van der Waals surface area contributed by atoms with E-state index in [2.05, 4.69) is 10.4 Å². The molecule has 0 bridgehead atoms. The molecule has 2 fully saturated rings. The number of aryl methyl sites for hydroxylation is 1. The van der Waals surface area contributed by atoms with Crippen molar-refractivity contribution < 1.29 is 14.7 Å². The van der Waals surface area contributed by atoms with Crippen LogP contribution in [0.4, 0.5) is 0 Å². The first kappa shape index (κ1) is 13.5. The van der Waals surface area contributed by atoms with Gasteiger partial charge in [0, 0.05) is 30.1 Å². The zero-order valence-electron chi connectivity index (χ0n) is 11.4. The van der Waals surface area contributed by atoms with Gasteiger partial charge in [-0.05, 0) is 26.2 Å². The summed E-state index contributed by atoms with van der Waals surface area (Å²) >= 11 is 1.70. The molecule has 108 valence electrons. The number of amides is 1. The van der Waals surface area contributed by atoms with E-state index in [-0.39, 0.29) is 11.8 Å². The number of carbonyl (C=O) groups excluding carboxylic acids is 1. The van der Waals surface area contributed by atoms with Gasteiger partial charge in [-0.3, -0.25) is 9.59 Å². The molecule has 2 atom stereocenters. The second-order valence-electron chi connectivity index (χ2n) is 5.71. The van der Waals surface area contributed by atoms with Crippen molar-refractivity contribution in [2.75, 3.05) is 13.1 Å². The van der Waals surface area contributed by atoms with Gasteiger partial charge in [0.15, 0.2) is 0 Å². The predicted molar refractivity (Wildman–Crippen MR) is 74.6 cm³/mol. The molecule has 1 aromatic heterocycles. The van der Waals surface area contributed by atoms with Gasteiger partial charge in [-0.1, -0.05) is 0 Å². The Morgan fingerprint density at radius 3 is 2.55 bits per heavy atom. The number of likely N-dealkylation sites (tertiary alicyclic amines) is 1. The Hall–Kier alpha value is -1.43. The van der Waals surface area contributed by atoms with E-state index < -0.39 is 11.9 Å². The molecule has 0 aromatic carbocycles. The highest BCUT2D eigenvalue weighted by Gasteiger charge is 2.50. The number of thiazole rings is 1. The number of carbonyl (C=O) groups is 2. The fraction of sp³-hybridized carbons (Fsp3) is 0.643. The minimum Gasteiger partial charge on any atom is -0.481 e. The number of piperidine rings is 1. The smallest absolute Gasteiger partial charge is 0.307 e. The fourth-order valence-corrected chi connectivity index (χ4v) is 3.85. The largest absolute Gasteiger partial charge is 0.481 e. The second-order valence-corrected chi connectivity index (χ2v) is 6.60. The van der Waals surface area contributed by atoms with Crippen LogP contribution in [0.25, 0.3) is 0 Å². The van der Waals surface area contributed by atoms with Crippen LogP contribution in [0, 0.1) is 18.8 Å². The highest BCUT2D eigenvalue weighted by Crippen LogP contribution is 2.41. The molecule has 1 saturated heterocycles. The molecule has 0 radical (unpaired) electrons. The Morgan fingerprint density at radius 1 is 1.35 bits per heavy atom. The van der Waals surface area contributed by atoms with Crippen molar-refractivity contribution in [3.05, 3.63) is 16.1 Å². The van der Waals surface area contributed by atoms with Gasteiger partial charge in [0.1, 0.15) is 0 Å². The van der Waals surface area contributed by atoms with Crippen molar-refractivity contribution in [3.8, 4) is 0 Å². The Bertz CT molecular complexity index is 534. The Morgan fingerprint density at radius 2 is 2.05 bits per heavy atom. The number of hydrogen-bond acceptors (Lipinski definition) is 4. The summed E-state index contributed by atoms with van der Waals surface area (Å²) in [6.07, 6.45) is 2.38. The van der Waals surface area contributed by atoms with Gasteiger partial charge in [0.25, 0.3) is 0 Å². The average Bonchev–Trinajstić information content (AvgIpc) is 3.14. The zero-order chi connectivity index (χ0) is 14.3. The quantitative estimate of drug-likeness (QED) is 0.924. The zero-order valence-corrected chi connectivity index (χ0v) is 12.2.